The van der Waals surface area contributed by atoms with Gasteiger partial charge < -0.3 is 0 Å². The summed E-state index contributed by atoms with van der Waals surface area (Å²) in [5.74, 6) is 0.505. The number of alkyl halides is 1. The summed E-state index contributed by atoms with van der Waals surface area (Å²) in [5, 5.41) is 1.78. The lowest BCUT2D eigenvalue weighted by molar-refractivity contribution is 0.694. The number of hydrogen-bond donors (Lipinski definition) is 0. The van der Waals surface area contributed by atoms with E-state index in [4.69, 9.17) is 11.6 Å². The zero-order valence-electron chi connectivity index (χ0n) is 10.2. The lowest BCUT2D eigenvalue weighted by atomic mass is 9.96. The Morgan fingerprint density at radius 2 is 2.28 bits per heavy atom. The second-order valence-electron chi connectivity index (χ2n) is 4.31. The largest absolute Gasteiger partial charge is 0.250 e. The molecule has 18 heavy (non-hydrogen) atoms. The summed E-state index contributed by atoms with van der Waals surface area (Å²) in [7, 11) is 0. The van der Waals surface area contributed by atoms with E-state index in [1.54, 1.807) is 11.3 Å². The quantitative estimate of drug-likeness (QED) is 0.678. The smallest absolute Gasteiger partial charge is 0.0797 e. The Morgan fingerprint density at radius 1 is 1.44 bits per heavy atom. The summed E-state index contributed by atoms with van der Waals surface area (Å²) in [6, 6.07) is 8.15. The highest BCUT2D eigenvalue weighted by molar-refractivity contribution is 9.09. The molecule has 0 saturated heterocycles. The molecule has 0 aliphatic rings. The van der Waals surface area contributed by atoms with Crippen LogP contribution in [0.1, 0.15) is 28.5 Å². The predicted molar refractivity (Wildman–Crippen MR) is 83.2 cm³/mol. The highest BCUT2D eigenvalue weighted by atomic mass is 79.9. The summed E-state index contributed by atoms with van der Waals surface area (Å²) >= 11 is 11.4. The van der Waals surface area contributed by atoms with Gasteiger partial charge in [-0.15, -0.1) is 11.3 Å². The summed E-state index contributed by atoms with van der Waals surface area (Å²) in [5.41, 5.74) is 4.40. The molecular weight excluding hydrogens is 330 g/mol. The summed E-state index contributed by atoms with van der Waals surface area (Å²) < 4.78 is 0. The van der Waals surface area contributed by atoms with Crippen LogP contribution in [0.4, 0.5) is 0 Å². The van der Waals surface area contributed by atoms with Crippen molar-refractivity contribution in [1.29, 1.82) is 0 Å². The SMILES string of the molecule is Cc1ncsc1CCC(CBr)c1cccc(Cl)c1. The Balaban J connectivity index is 2.04. The molecule has 0 amide bonds. The average Bonchev–Trinajstić information content (AvgIpc) is 2.76. The Bertz CT molecular complexity index is 512. The van der Waals surface area contributed by atoms with Crippen LogP contribution in [0.5, 0.6) is 0 Å². The van der Waals surface area contributed by atoms with Crippen LogP contribution in [0.3, 0.4) is 0 Å². The molecular formula is C14H15BrClNS. The number of rotatable bonds is 5. The van der Waals surface area contributed by atoms with Gasteiger partial charge in [-0.3, -0.25) is 0 Å². The molecule has 0 aliphatic carbocycles. The Morgan fingerprint density at radius 3 is 2.89 bits per heavy atom. The predicted octanol–water partition coefficient (Wildman–Crippen LogP) is 5.22. The van der Waals surface area contributed by atoms with Crippen LogP contribution in [-0.2, 0) is 6.42 Å². The molecule has 1 nitrogen and oxygen atoms in total. The second-order valence-corrected chi connectivity index (χ2v) is 6.33. The van der Waals surface area contributed by atoms with Gasteiger partial charge in [0.05, 0.1) is 11.2 Å². The van der Waals surface area contributed by atoms with E-state index in [0.29, 0.717) is 5.92 Å². The van der Waals surface area contributed by atoms with Crippen molar-refractivity contribution >= 4 is 38.9 Å². The van der Waals surface area contributed by atoms with Gasteiger partial charge in [-0.2, -0.15) is 0 Å². The van der Waals surface area contributed by atoms with Gasteiger partial charge in [0, 0.05) is 15.2 Å². The van der Waals surface area contributed by atoms with Crippen LogP contribution in [0.25, 0.3) is 0 Å². The fraction of sp³-hybridized carbons (Fsp3) is 0.357. The van der Waals surface area contributed by atoms with Gasteiger partial charge in [0.2, 0.25) is 0 Å². The van der Waals surface area contributed by atoms with Gasteiger partial charge in [0.1, 0.15) is 0 Å². The van der Waals surface area contributed by atoms with Gasteiger partial charge in [0.15, 0.2) is 0 Å². The Kier molecular flexibility index (Phi) is 5.22. The average molecular weight is 345 g/mol. The van der Waals surface area contributed by atoms with E-state index in [-0.39, 0.29) is 0 Å². The number of hydrogen-bond acceptors (Lipinski definition) is 2. The molecule has 2 rings (SSSR count). The number of nitrogens with zero attached hydrogens (tertiary/aromatic N) is 1. The van der Waals surface area contributed by atoms with Crippen LogP contribution in [-0.4, -0.2) is 10.3 Å². The van der Waals surface area contributed by atoms with E-state index in [1.165, 1.54) is 16.1 Å². The van der Waals surface area contributed by atoms with Crippen molar-refractivity contribution in [2.45, 2.75) is 25.7 Å². The Hall–Kier alpha value is -0.380. The van der Waals surface area contributed by atoms with Crippen molar-refractivity contribution in [3.8, 4) is 0 Å². The maximum absolute atomic E-state index is 6.05. The molecule has 1 unspecified atom stereocenters. The van der Waals surface area contributed by atoms with Crippen molar-refractivity contribution in [3.63, 3.8) is 0 Å². The summed E-state index contributed by atoms with van der Waals surface area (Å²) in [6.45, 7) is 2.08. The molecule has 1 aromatic heterocycles. The van der Waals surface area contributed by atoms with Crippen molar-refractivity contribution in [2.75, 3.05) is 5.33 Å². The highest BCUT2D eigenvalue weighted by Crippen LogP contribution is 2.27. The van der Waals surface area contributed by atoms with Crippen LogP contribution in [0.15, 0.2) is 29.8 Å². The minimum absolute atomic E-state index is 0.505. The third kappa shape index (κ3) is 3.56. The maximum atomic E-state index is 6.05. The van der Waals surface area contributed by atoms with E-state index in [0.717, 1.165) is 23.2 Å². The molecule has 0 fully saturated rings. The number of benzene rings is 1. The van der Waals surface area contributed by atoms with Gasteiger partial charge in [0.25, 0.3) is 0 Å². The molecule has 1 heterocycles. The molecule has 1 atom stereocenters. The lowest BCUT2D eigenvalue weighted by Crippen LogP contribution is -2.02. The van der Waals surface area contributed by atoms with Crippen molar-refractivity contribution in [3.05, 3.63) is 50.9 Å². The van der Waals surface area contributed by atoms with Crippen molar-refractivity contribution in [1.82, 2.24) is 4.98 Å². The highest BCUT2D eigenvalue weighted by Gasteiger charge is 2.12. The van der Waals surface area contributed by atoms with Gasteiger partial charge in [-0.05, 0) is 43.4 Å². The number of aromatic nitrogens is 1. The molecule has 4 heteroatoms. The molecule has 0 saturated carbocycles. The first-order chi connectivity index (χ1) is 8.70. The number of thiazole rings is 1. The van der Waals surface area contributed by atoms with Crippen molar-refractivity contribution in [2.24, 2.45) is 0 Å². The van der Waals surface area contributed by atoms with Crippen LogP contribution < -0.4 is 0 Å². The number of aryl methyl sites for hydroxylation is 2. The van der Waals surface area contributed by atoms with Crippen LogP contribution in [0, 0.1) is 6.92 Å². The first-order valence-corrected chi connectivity index (χ1v) is 8.29. The van der Waals surface area contributed by atoms with Gasteiger partial charge in [-0.1, -0.05) is 39.7 Å². The van der Waals surface area contributed by atoms with Gasteiger partial charge >= 0.3 is 0 Å². The summed E-state index contributed by atoms with van der Waals surface area (Å²) in [4.78, 5) is 5.68. The minimum atomic E-state index is 0.505. The Labute approximate surface area is 125 Å². The monoisotopic (exact) mass is 343 g/mol. The van der Waals surface area contributed by atoms with E-state index < -0.39 is 0 Å². The molecule has 0 spiro atoms. The zero-order valence-corrected chi connectivity index (χ0v) is 13.4. The van der Waals surface area contributed by atoms with Gasteiger partial charge in [-0.25, -0.2) is 4.98 Å². The van der Waals surface area contributed by atoms with E-state index in [9.17, 15) is 0 Å². The summed E-state index contributed by atoms with van der Waals surface area (Å²) in [6.07, 6.45) is 2.20. The minimum Gasteiger partial charge on any atom is -0.250 e. The molecule has 0 bridgehead atoms. The fourth-order valence-corrected chi connectivity index (χ4v) is 3.66. The lowest BCUT2D eigenvalue weighted by Gasteiger charge is -2.14. The van der Waals surface area contributed by atoms with E-state index >= 15 is 0 Å². The van der Waals surface area contributed by atoms with Crippen molar-refractivity contribution < 1.29 is 0 Å². The molecule has 0 radical (unpaired) electrons. The van der Waals surface area contributed by atoms with E-state index in [2.05, 4.69) is 40.0 Å². The standard InChI is InChI=1S/C14H15BrClNS/c1-10-14(18-9-17-10)6-5-12(8-15)11-3-2-4-13(16)7-11/h2-4,7,9,12H,5-6,8H2,1H3. The topological polar surface area (TPSA) is 12.9 Å². The zero-order chi connectivity index (χ0) is 13.0. The third-order valence-corrected chi connectivity index (χ3v) is 5.08. The van der Waals surface area contributed by atoms with E-state index in [1.807, 2.05) is 17.6 Å². The molecule has 1 aromatic carbocycles. The molecule has 0 aliphatic heterocycles. The first-order valence-electron chi connectivity index (χ1n) is 5.91. The molecule has 0 N–H and O–H groups in total. The number of halogens is 2. The molecule has 96 valence electrons. The first kappa shape index (κ1) is 14.0. The second kappa shape index (κ2) is 6.69. The maximum Gasteiger partial charge on any atom is 0.0797 e. The van der Waals surface area contributed by atoms with Crippen LogP contribution in [0.2, 0.25) is 5.02 Å². The third-order valence-electron chi connectivity index (χ3n) is 3.07. The fourth-order valence-electron chi connectivity index (χ4n) is 1.96. The van der Waals surface area contributed by atoms with Crippen LogP contribution >= 0.6 is 38.9 Å². The molecule has 2 aromatic rings. The normalized spacial score (nSPS) is 12.6.